The standard InChI is InChI=1S/C12H22O4/c1-2-3-4-5-6-7-8-11(9-13)16-12(15)10-14/h9,11,14H,2-8,10H2,1H3. The van der Waals surface area contributed by atoms with Crippen molar-refractivity contribution in [3.05, 3.63) is 0 Å². The Bertz CT molecular complexity index is 191. The van der Waals surface area contributed by atoms with Crippen molar-refractivity contribution in [3.63, 3.8) is 0 Å². The molecule has 1 unspecified atom stereocenters. The lowest BCUT2D eigenvalue weighted by Crippen LogP contribution is -2.21. The van der Waals surface area contributed by atoms with Crippen LogP contribution in [0, 0.1) is 0 Å². The normalized spacial score (nSPS) is 12.1. The number of carbonyl (C=O) groups excluding carboxylic acids is 2. The van der Waals surface area contributed by atoms with Gasteiger partial charge in [0.1, 0.15) is 6.61 Å². The lowest BCUT2D eigenvalue weighted by molar-refractivity contribution is -0.155. The molecule has 4 nitrogen and oxygen atoms in total. The molecule has 0 bridgehead atoms. The summed E-state index contributed by atoms with van der Waals surface area (Å²) in [6.07, 6.45) is 7.27. The van der Waals surface area contributed by atoms with Crippen LogP contribution in [0.2, 0.25) is 0 Å². The molecule has 94 valence electrons. The van der Waals surface area contributed by atoms with Gasteiger partial charge in [-0.3, -0.25) is 4.79 Å². The minimum atomic E-state index is -0.733. The SMILES string of the molecule is CCCCCCCCC(C=O)OC(=O)CO. The van der Waals surface area contributed by atoms with Gasteiger partial charge in [-0.05, 0) is 12.8 Å². The maximum absolute atomic E-state index is 10.7. The number of hydrogen-bond donors (Lipinski definition) is 1. The van der Waals surface area contributed by atoms with E-state index >= 15 is 0 Å². The number of ether oxygens (including phenoxy) is 1. The molecule has 4 heteroatoms. The molecule has 0 aliphatic carbocycles. The number of aldehydes is 1. The summed E-state index contributed by atoms with van der Waals surface area (Å²) in [4.78, 5) is 21.3. The van der Waals surface area contributed by atoms with Gasteiger partial charge in [0, 0.05) is 0 Å². The summed E-state index contributed by atoms with van der Waals surface area (Å²) in [7, 11) is 0. The minimum Gasteiger partial charge on any atom is -0.453 e. The number of esters is 1. The van der Waals surface area contributed by atoms with E-state index in [1.54, 1.807) is 0 Å². The number of aliphatic hydroxyl groups is 1. The van der Waals surface area contributed by atoms with Crippen LogP contribution >= 0.6 is 0 Å². The van der Waals surface area contributed by atoms with E-state index in [2.05, 4.69) is 6.92 Å². The molecular weight excluding hydrogens is 208 g/mol. The molecule has 0 heterocycles. The molecule has 1 atom stereocenters. The fourth-order valence-corrected chi connectivity index (χ4v) is 1.49. The number of hydrogen-bond acceptors (Lipinski definition) is 4. The molecule has 0 aromatic rings. The van der Waals surface area contributed by atoms with Crippen molar-refractivity contribution in [2.24, 2.45) is 0 Å². The molecule has 0 amide bonds. The molecule has 0 aromatic carbocycles. The molecule has 0 fully saturated rings. The number of aliphatic hydroxyl groups excluding tert-OH is 1. The zero-order valence-electron chi connectivity index (χ0n) is 9.98. The van der Waals surface area contributed by atoms with Crippen LogP contribution in [0.5, 0.6) is 0 Å². The summed E-state index contributed by atoms with van der Waals surface area (Å²) >= 11 is 0. The molecule has 16 heavy (non-hydrogen) atoms. The van der Waals surface area contributed by atoms with Gasteiger partial charge in [-0.15, -0.1) is 0 Å². The Kier molecular flexibility index (Phi) is 10.0. The summed E-state index contributed by atoms with van der Waals surface area (Å²) in [5.74, 6) is -0.733. The van der Waals surface area contributed by atoms with Gasteiger partial charge in [0.05, 0.1) is 0 Å². The average molecular weight is 230 g/mol. The van der Waals surface area contributed by atoms with Crippen LogP contribution in [-0.2, 0) is 14.3 Å². The van der Waals surface area contributed by atoms with Crippen molar-refractivity contribution in [1.82, 2.24) is 0 Å². The molecule has 0 aliphatic heterocycles. The molecule has 0 rings (SSSR count). The van der Waals surface area contributed by atoms with E-state index in [-0.39, 0.29) is 0 Å². The first kappa shape index (κ1) is 15.1. The highest BCUT2D eigenvalue weighted by Gasteiger charge is 2.11. The summed E-state index contributed by atoms with van der Waals surface area (Å²) in [5.41, 5.74) is 0. The Labute approximate surface area is 97.0 Å². The third-order valence-corrected chi connectivity index (χ3v) is 2.41. The zero-order valence-corrected chi connectivity index (χ0v) is 9.98. The molecule has 0 saturated heterocycles. The van der Waals surface area contributed by atoms with E-state index in [4.69, 9.17) is 9.84 Å². The van der Waals surface area contributed by atoms with Crippen LogP contribution in [0.25, 0.3) is 0 Å². The first-order valence-electron chi connectivity index (χ1n) is 6.00. The monoisotopic (exact) mass is 230 g/mol. The maximum atomic E-state index is 10.7. The van der Waals surface area contributed by atoms with Crippen molar-refractivity contribution in [1.29, 1.82) is 0 Å². The highest BCUT2D eigenvalue weighted by molar-refractivity contribution is 5.73. The van der Waals surface area contributed by atoms with E-state index in [0.717, 1.165) is 19.3 Å². The molecule has 0 aromatic heterocycles. The van der Waals surface area contributed by atoms with Crippen molar-refractivity contribution in [2.75, 3.05) is 6.61 Å². The van der Waals surface area contributed by atoms with Crippen molar-refractivity contribution < 1.29 is 19.4 Å². The van der Waals surface area contributed by atoms with Gasteiger partial charge in [0.2, 0.25) is 0 Å². The van der Waals surface area contributed by atoms with Gasteiger partial charge >= 0.3 is 5.97 Å². The average Bonchev–Trinajstić information content (AvgIpc) is 2.31. The van der Waals surface area contributed by atoms with E-state index in [9.17, 15) is 9.59 Å². The second-order valence-electron chi connectivity index (χ2n) is 3.88. The summed E-state index contributed by atoms with van der Waals surface area (Å²) in [6.45, 7) is 1.50. The summed E-state index contributed by atoms with van der Waals surface area (Å²) < 4.78 is 4.72. The fourth-order valence-electron chi connectivity index (χ4n) is 1.49. The Morgan fingerprint density at radius 1 is 1.25 bits per heavy atom. The molecule has 1 N–H and O–H groups in total. The van der Waals surface area contributed by atoms with Crippen LogP contribution in [0.1, 0.15) is 51.9 Å². The number of unbranched alkanes of at least 4 members (excludes halogenated alkanes) is 5. The smallest absolute Gasteiger partial charge is 0.332 e. The summed E-state index contributed by atoms with van der Waals surface area (Å²) in [6, 6.07) is 0. The molecule has 0 saturated carbocycles. The van der Waals surface area contributed by atoms with Gasteiger partial charge in [-0.2, -0.15) is 0 Å². The third-order valence-electron chi connectivity index (χ3n) is 2.41. The Morgan fingerprint density at radius 2 is 1.88 bits per heavy atom. The highest BCUT2D eigenvalue weighted by Crippen LogP contribution is 2.09. The van der Waals surface area contributed by atoms with Gasteiger partial charge in [-0.25, -0.2) is 4.79 Å². The van der Waals surface area contributed by atoms with Crippen molar-refractivity contribution in [3.8, 4) is 0 Å². The minimum absolute atomic E-state index is 0.557. The fraction of sp³-hybridized carbons (Fsp3) is 0.833. The first-order valence-corrected chi connectivity index (χ1v) is 6.00. The van der Waals surface area contributed by atoms with E-state index in [1.165, 1.54) is 19.3 Å². The van der Waals surface area contributed by atoms with Crippen LogP contribution in [-0.4, -0.2) is 30.1 Å². The second kappa shape index (κ2) is 10.6. The molecule has 0 radical (unpaired) electrons. The zero-order chi connectivity index (χ0) is 12.2. The van der Waals surface area contributed by atoms with Gasteiger partial charge < -0.3 is 9.84 Å². The predicted octanol–water partition coefficient (Wildman–Crippen LogP) is 1.84. The predicted molar refractivity (Wildman–Crippen MR) is 61.0 cm³/mol. The Hall–Kier alpha value is -0.900. The Balaban J connectivity index is 3.48. The highest BCUT2D eigenvalue weighted by atomic mass is 16.6. The largest absolute Gasteiger partial charge is 0.453 e. The second-order valence-corrected chi connectivity index (χ2v) is 3.88. The lowest BCUT2D eigenvalue weighted by Gasteiger charge is -2.10. The quantitative estimate of drug-likeness (QED) is 0.353. The van der Waals surface area contributed by atoms with Crippen LogP contribution < -0.4 is 0 Å². The van der Waals surface area contributed by atoms with Crippen LogP contribution in [0.3, 0.4) is 0 Å². The third kappa shape index (κ3) is 8.41. The molecular formula is C12H22O4. The van der Waals surface area contributed by atoms with Gasteiger partial charge in [0.15, 0.2) is 12.4 Å². The van der Waals surface area contributed by atoms with Gasteiger partial charge in [-0.1, -0.05) is 39.0 Å². The lowest BCUT2D eigenvalue weighted by atomic mass is 10.1. The number of carbonyl (C=O) groups is 2. The topological polar surface area (TPSA) is 63.6 Å². The van der Waals surface area contributed by atoms with Crippen molar-refractivity contribution in [2.45, 2.75) is 58.0 Å². The Morgan fingerprint density at radius 3 is 2.44 bits per heavy atom. The molecule has 0 spiro atoms. The van der Waals surface area contributed by atoms with E-state index < -0.39 is 18.7 Å². The number of rotatable bonds is 10. The van der Waals surface area contributed by atoms with Gasteiger partial charge in [0.25, 0.3) is 0 Å². The van der Waals surface area contributed by atoms with Crippen LogP contribution in [0.15, 0.2) is 0 Å². The summed E-state index contributed by atoms with van der Waals surface area (Å²) in [5, 5.41) is 8.46. The van der Waals surface area contributed by atoms with Crippen molar-refractivity contribution >= 4 is 12.3 Å². The van der Waals surface area contributed by atoms with Crippen LogP contribution in [0.4, 0.5) is 0 Å². The maximum Gasteiger partial charge on any atom is 0.332 e. The van der Waals surface area contributed by atoms with E-state index in [1.807, 2.05) is 0 Å². The van der Waals surface area contributed by atoms with E-state index in [0.29, 0.717) is 12.7 Å². The first-order chi connectivity index (χ1) is 7.74. The molecule has 0 aliphatic rings.